The lowest BCUT2D eigenvalue weighted by Crippen LogP contribution is -2.48. The van der Waals surface area contributed by atoms with Crippen LogP contribution in [0.2, 0.25) is 0 Å². The molecule has 0 saturated carbocycles. The molecule has 1 aliphatic rings. The Bertz CT molecular complexity index is 1370. The quantitative estimate of drug-likeness (QED) is 0.345. The van der Waals surface area contributed by atoms with Crippen molar-refractivity contribution in [3.63, 3.8) is 0 Å². The van der Waals surface area contributed by atoms with Gasteiger partial charge in [-0.15, -0.1) is 0 Å². The van der Waals surface area contributed by atoms with E-state index in [0.29, 0.717) is 6.42 Å². The summed E-state index contributed by atoms with van der Waals surface area (Å²) >= 11 is 0. The second-order valence-electron chi connectivity index (χ2n) is 9.64. The Balaban J connectivity index is 1.28. The molecule has 5 rings (SSSR count). The first-order chi connectivity index (χ1) is 18.1. The molecule has 2 aromatic heterocycles. The smallest absolute Gasteiger partial charge is 0.223 e. The highest BCUT2D eigenvalue weighted by Crippen LogP contribution is 2.32. The van der Waals surface area contributed by atoms with Crippen LogP contribution in [0.25, 0.3) is 11.7 Å². The van der Waals surface area contributed by atoms with E-state index in [1.54, 1.807) is 7.11 Å². The van der Waals surface area contributed by atoms with Gasteiger partial charge in [-0.3, -0.25) is 9.69 Å². The zero-order valence-electron chi connectivity index (χ0n) is 21.6. The monoisotopic (exact) mass is 494 g/mol. The van der Waals surface area contributed by atoms with Crippen molar-refractivity contribution in [3.05, 3.63) is 108 Å². The number of benzene rings is 2. The van der Waals surface area contributed by atoms with Crippen LogP contribution in [0.3, 0.4) is 0 Å². The van der Waals surface area contributed by atoms with Crippen molar-refractivity contribution in [2.75, 3.05) is 39.8 Å². The molecule has 0 spiro atoms. The fourth-order valence-electron chi connectivity index (χ4n) is 5.00. The Kier molecular flexibility index (Phi) is 7.66. The number of carbonyl (C=O) groups is 1. The van der Waals surface area contributed by atoms with Gasteiger partial charge in [0.15, 0.2) is 0 Å². The van der Waals surface area contributed by atoms with Crippen molar-refractivity contribution in [2.45, 2.75) is 19.3 Å². The van der Waals surface area contributed by atoms with E-state index >= 15 is 0 Å². The Hall–Kier alpha value is -3.90. The summed E-state index contributed by atoms with van der Waals surface area (Å²) in [6.45, 7) is 6.21. The van der Waals surface area contributed by atoms with Gasteiger partial charge in [0.2, 0.25) is 5.91 Å². The van der Waals surface area contributed by atoms with E-state index in [2.05, 4.69) is 75.8 Å². The molecule has 0 N–H and O–H groups in total. The van der Waals surface area contributed by atoms with E-state index in [4.69, 9.17) is 4.74 Å². The molecule has 1 amide bonds. The van der Waals surface area contributed by atoms with E-state index in [1.807, 2.05) is 41.6 Å². The number of aromatic nitrogens is 2. The normalized spacial score (nSPS) is 15.4. The number of rotatable bonds is 8. The number of hydrogen-bond donors (Lipinski definition) is 0. The maximum Gasteiger partial charge on any atom is 0.223 e. The first-order valence-electron chi connectivity index (χ1n) is 12.9. The molecule has 4 aromatic rings. The molecule has 37 heavy (non-hydrogen) atoms. The lowest BCUT2D eigenvalue weighted by Gasteiger charge is -2.35. The Morgan fingerprint density at radius 1 is 1.03 bits per heavy atom. The minimum atomic E-state index is -0.118. The van der Waals surface area contributed by atoms with Gasteiger partial charge in [-0.2, -0.15) is 0 Å². The number of methoxy groups -OCH3 is 1. The number of ether oxygens (including phenoxy) is 1. The summed E-state index contributed by atoms with van der Waals surface area (Å²) in [6.07, 6.45) is 8.71. The molecule has 190 valence electrons. The Morgan fingerprint density at radius 2 is 1.84 bits per heavy atom. The average Bonchev–Trinajstić information content (AvgIpc) is 3.35. The molecule has 6 heteroatoms. The summed E-state index contributed by atoms with van der Waals surface area (Å²) in [5, 5.41) is 0. The second kappa shape index (κ2) is 11.4. The topological polar surface area (TPSA) is 50.1 Å². The first kappa shape index (κ1) is 24.8. The maximum absolute atomic E-state index is 13.6. The van der Waals surface area contributed by atoms with Gasteiger partial charge >= 0.3 is 0 Å². The van der Waals surface area contributed by atoms with Gasteiger partial charge in [-0.25, -0.2) is 4.98 Å². The molecular weight excluding hydrogens is 460 g/mol. The molecule has 1 fully saturated rings. The minimum absolute atomic E-state index is 0.118. The van der Waals surface area contributed by atoms with Crippen LogP contribution in [0, 0.1) is 6.92 Å². The molecule has 0 bridgehead atoms. The predicted octanol–water partition coefficient (Wildman–Crippen LogP) is 5.03. The van der Waals surface area contributed by atoms with Gasteiger partial charge < -0.3 is 14.0 Å². The predicted molar refractivity (Wildman–Crippen MR) is 148 cm³/mol. The summed E-state index contributed by atoms with van der Waals surface area (Å²) in [5.41, 5.74) is 5.34. The zero-order chi connectivity index (χ0) is 25.6. The molecule has 1 unspecified atom stereocenters. The number of fused-ring (bicyclic) bond motifs is 1. The SMILES string of the molecule is COc1cccc(C(CC(=O)N2CCN(C/C=C/c3ccccc3)CC2)c2cnc3cc(C)ccn23)c1. The van der Waals surface area contributed by atoms with Gasteiger partial charge in [-0.1, -0.05) is 54.6 Å². The standard InChI is InChI=1S/C31H34N4O2/c1-24-13-15-35-29(23-32-30(35)20-24)28(26-11-6-12-27(21-26)37-2)22-31(36)34-18-16-33(17-19-34)14-7-10-25-8-4-3-5-9-25/h3-13,15,20-21,23,28H,14,16-19,22H2,1-2H3/b10-7+. The third-order valence-corrected chi connectivity index (χ3v) is 7.13. The Morgan fingerprint density at radius 3 is 2.62 bits per heavy atom. The number of aryl methyl sites for hydroxylation is 1. The molecule has 0 aliphatic carbocycles. The summed E-state index contributed by atoms with van der Waals surface area (Å²) in [6, 6.07) is 22.5. The third kappa shape index (κ3) is 5.92. The van der Waals surface area contributed by atoms with E-state index in [9.17, 15) is 4.79 Å². The number of hydrogen-bond acceptors (Lipinski definition) is 4. The average molecular weight is 495 g/mol. The highest BCUT2D eigenvalue weighted by Gasteiger charge is 2.27. The van der Waals surface area contributed by atoms with Crippen LogP contribution in [0.15, 0.2) is 85.2 Å². The molecule has 3 heterocycles. The van der Waals surface area contributed by atoms with Crippen molar-refractivity contribution >= 4 is 17.6 Å². The largest absolute Gasteiger partial charge is 0.497 e. The lowest BCUT2D eigenvalue weighted by molar-refractivity contribution is -0.133. The highest BCUT2D eigenvalue weighted by atomic mass is 16.5. The van der Waals surface area contributed by atoms with Gasteiger partial charge in [0.1, 0.15) is 11.4 Å². The Labute approximate surface area is 218 Å². The van der Waals surface area contributed by atoms with Crippen molar-refractivity contribution in [1.29, 1.82) is 0 Å². The summed E-state index contributed by atoms with van der Waals surface area (Å²) in [4.78, 5) is 22.6. The fraction of sp³-hybridized carbons (Fsp3) is 0.290. The number of carbonyl (C=O) groups excluding carboxylic acids is 1. The van der Waals surface area contributed by atoms with Gasteiger partial charge in [0, 0.05) is 57.5 Å². The van der Waals surface area contributed by atoms with Crippen molar-refractivity contribution in [2.24, 2.45) is 0 Å². The third-order valence-electron chi connectivity index (χ3n) is 7.13. The van der Waals surface area contributed by atoms with Crippen LogP contribution < -0.4 is 4.74 Å². The second-order valence-corrected chi connectivity index (χ2v) is 9.64. The van der Waals surface area contributed by atoms with E-state index in [0.717, 1.165) is 60.9 Å². The van der Waals surface area contributed by atoms with E-state index in [1.165, 1.54) is 5.56 Å². The number of nitrogens with zero attached hydrogens (tertiary/aromatic N) is 4. The van der Waals surface area contributed by atoms with Crippen LogP contribution in [0.5, 0.6) is 5.75 Å². The lowest BCUT2D eigenvalue weighted by atomic mass is 9.91. The van der Waals surface area contributed by atoms with E-state index in [-0.39, 0.29) is 11.8 Å². The van der Waals surface area contributed by atoms with Crippen LogP contribution >= 0.6 is 0 Å². The van der Waals surface area contributed by atoms with Crippen molar-refractivity contribution < 1.29 is 9.53 Å². The van der Waals surface area contributed by atoms with Crippen LogP contribution in [-0.2, 0) is 4.79 Å². The number of imidazole rings is 1. The summed E-state index contributed by atoms with van der Waals surface area (Å²) in [7, 11) is 1.67. The minimum Gasteiger partial charge on any atom is -0.497 e. The van der Waals surface area contributed by atoms with Crippen LogP contribution in [0.1, 0.15) is 34.7 Å². The van der Waals surface area contributed by atoms with Crippen LogP contribution in [0.4, 0.5) is 0 Å². The molecule has 6 nitrogen and oxygen atoms in total. The number of pyridine rings is 1. The molecule has 2 aromatic carbocycles. The summed E-state index contributed by atoms with van der Waals surface area (Å²) in [5.74, 6) is 0.846. The summed E-state index contributed by atoms with van der Waals surface area (Å²) < 4.78 is 7.59. The van der Waals surface area contributed by atoms with Crippen LogP contribution in [-0.4, -0.2) is 64.9 Å². The maximum atomic E-state index is 13.6. The molecule has 1 saturated heterocycles. The van der Waals surface area contributed by atoms with Gasteiger partial charge in [0.25, 0.3) is 0 Å². The molecule has 0 radical (unpaired) electrons. The van der Waals surface area contributed by atoms with E-state index < -0.39 is 0 Å². The fourth-order valence-corrected chi connectivity index (χ4v) is 5.00. The van der Waals surface area contributed by atoms with Gasteiger partial charge in [-0.05, 0) is 47.9 Å². The highest BCUT2D eigenvalue weighted by molar-refractivity contribution is 5.78. The molecule has 1 atom stereocenters. The van der Waals surface area contributed by atoms with Gasteiger partial charge in [0.05, 0.1) is 12.8 Å². The zero-order valence-corrected chi connectivity index (χ0v) is 21.6. The van der Waals surface area contributed by atoms with Crippen molar-refractivity contribution in [3.8, 4) is 5.75 Å². The number of piperazine rings is 1. The first-order valence-corrected chi connectivity index (χ1v) is 12.9. The number of amides is 1. The molecular formula is C31H34N4O2. The van der Waals surface area contributed by atoms with Crippen molar-refractivity contribution in [1.82, 2.24) is 19.2 Å². The molecule has 1 aliphatic heterocycles.